The van der Waals surface area contributed by atoms with Crippen molar-refractivity contribution in [1.82, 2.24) is 14.9 Å². The number of aromatic nitrogens is 2. The Balaban J connectivity index is 1.59. The number of carbonyl (C=O) groups excluding carboxylic acids is 1. The fraction of sp³-hybridized carbons (Fsp3) is 0.481. The van der Waals surface area contributed by atoms with Gasteiger partial charge >= 0.3 is 0 Å². The summed E-state index contributed by atoms with van der Waals surface area (Å²) in [6.07, 6.45) is 4.73. The molecule has 10 nitrogen and oxygen atoms in total. The van der Waals surface area contributed by atoms with Crippen LogP contribution in [-0.4, -0.2) is 61.0 Å². The molecule has 0 aliphatic carbocycles. The second-order valence-corrected chi connectivity index (χ2v) is 8.74. The van der Waals surface area contributed by atoms with Crippen molar-refractivity contribution >= 4 is 22.6 Å². The van der Waals surface area contributed by atoms with Crippen LogP contribution in [-0.2, 0) is 20.8 Å². The number of nitrogens with one attached hydrogen (secondary N) is 1. The predicted molar refractivity (Wildman–Crippen MR) is 142 cm³/mol. The first-order chi connectivity index (χ1) is 18.0. The van der Waals surface area contributed by atoms with Crippen LogP contribution in [0.25, 0.3) is 22.4 Å². The molecule has 0 saturated heterocycles. The van der Waals surface area contributed by atoms with Crippen LogP contribution < -0.4 is 10.1 Å². The van der Waals surface area contributed by atoms with Gasteiger partial charge < -0.3 is 24.1 Å². The van der Waals surface area contributed by atoms with Gasteiger partial charge in [0.1, 0.15) is 11.6 Å². The van der Waals surface area contributed by atoms with Crippen molar-refractivity contribution in [3.63, 3.8) is 0 Å². The maximum atomic E-state index is 11.8. The Morgan fingerprint density at radius 3 is 2.46 bits per heavy atom. The number of nitrogens with zero attached hydrogens (tertiary/aromatic N) is 3. The third-order valence-corrected chi connectivity index (χ3v) is 5.95. The summed E-state index contributed by atoms with van der Waals surface area (Å²) in [4.78, 5) is 27.3. The molecule has 0 saturated carbocycles. The van der Waals surface area contributed by atoms with E-state index >= 15 is 0 Å². The minimum absolute atomic E-state index is 0.0455. The van der Waals surface area contributed by atoms with E-state index in [0.29, 0.717) is 39.3 Å². The van der Waals surface area contributed by atoms with E-state index in [2.05, 4.69) is 9.88 Å². The standard InChI is InChI=1S/C27H36N4O6/c1-35-17-6-15-28-26(32)8-4-3-5-19-37-23-13-14-24-25(20-23)30(16-7-18-36-2)27(29-24)21-9-11-22(12-10-21)31(33)34/h9-14,20H,3-8,15-19H2,1-2H3,(H,28,32). The second-order valence-electron chi connectivity index (χ2n) is 8.74. The fourth-order valence-corrected chi connectivity index (χ4v) is 4.03. The van der Waals surface area contributed by atoms with E-state index < -0.39 is 4.92 Å². The molecule has 200 valence electrons. The van der Waals surface area contributed by atoms with Crippen LogP contribution in [0.3, 0.4) is 0 Å². The van der Waals surface area contributed by atoms with Gasteiger partial charge in [0.05, 0.1) is 22.6 Å². The molecule has 0 aliphatic heterocycles. The van der Waals surface area contributed by atoms with Crippen molar-refractivity contribution in [2.45, 2.75) is 45.1 Å². The molecule has 0 radical (unpaired) electrons. The van der Waals surface area contributed by atoms with Crippen LogP contribution in [0.2, 0.25) is 0 Å². The number of nitro groups is 1. The summed E-state index contributed by atoms with van der Waals surface area (Å²) < 4.78 is 18.3. The maximum absolute atomic E-state index is 11.8. The lowest BCUT2D eigenvalue weighted by molar-refractivity contribution is -0.384. The number of hydrogen-bond acceptors (Lipinski definition) is 7. The van der Waals surface area contributed by atoms with Crippen molar-refractivity contribution in [3.8, 4) is 17.1 Å². The first-order valence-corrected chi connectivity index (χ1v) is 12.7. The molecule has 10 heteroatoms. The van der Waals surface area contributed by atoms with Gasteiger partial charge in [-0.1, -0.05) is 0 Å². The molecule has 37 heavy (non-hydrogen) atoms. The largest absolute Gasteiger partial charge is 0.494 e. The number of non-ortho nitro benzene ring substituents is 1. The summed E-state index contributed by atoms with van der Waals surface area (Å²) in [5.41, 5.74) is 2.62. The maximum Gasteiger partial charge on any atom is 0.269 e. The minimum atomic E-state index is -0.409. The highest BCUT2D eigenvalue weighted by atomic mass is 16.6. The summed E-state index contributed by atoms with van der Waals surface area (Å²) >= 11 is 0. The zero-order chi connectivity index (χ0) is 26.5. The molecular formula is C27H36N4O6. The molecule has 0 aliphatic rings. The van der Waals surface area contributed by atoms with Crippen molar-refractivity contribution in [2.75, 3.05) is 40.6 Å². The number of ether oxygens (including phenoxy) is 3. The number of methoxy groups -OCH3 is 2. The molecule has 1 amide bonds. The van der Waals surface area contributed by atoms with Gasteiger partial charge in [0.15, 0.2) is 0 Å². The van der Waals surface area contributed by atoms with Crippen molar-refractivity contribution < 1.29 is 23.9 Å². The number of unbranched alkanes of at least 4 members (excludes halogenated alkanes) is 2. The quantitative estimate of drug-likeness (QED) is 0.158. The van der Waals surface area contributed by atoms with Gasteiger partial charge in [-0.3, -0.25) is 14.9 Å². The first kappa shape index (κ1) is 28.1. The number of aryl methyl sites for hydroxylation is 1. The number of imidazole rings is 1. The predicted octanol–water partition coefficient (Wildman–Crippen LogP) is 4.74. The minimum Gasteiger partial charge on any atom is -0.494 e. The van der Waals surface area contributed by atoms with Gasteiger partial charge in [0.25, 0.3) is 5.69 Å². The number of rotatable bonds is 17. The molecule has 1 N–H and O–H groups in total. The van der Waals surface area contributed by atoms with Crippen LogP contribution in [0.1, 0.15) is 38.5 Å². The number of amides is 1. The number of benzene rings is 2. The third kappa shape index (κ3) is 8.54. The van der Waals surface area contributed by atoms with Crippen LogP contribution in [0.5, 0.6) is 5.75 Å². The molecule has 3 aromatic rings. The lowest BCUT2D eigenvalue weighted by Crippen LogP contribution is -2.24. The average molecular weight is 513 g/mol. The van der Waals surface area contributed by atoms with Crippen molar-refractivity contribution in [1.29, 1.82) is 0 Å². The summed E-state index contributed by atoms with van der Waals surface area (Å²) in [7, 11) is 3.32. The Hall–Kier alpha value is -3.50. The molecule has 3 rings (SSSR count). The van der Waals surface area contributed by atoms with E-state index in [9.17, 15) is 14.9 Å². The molecule has 0 unspecified atom stereocenters. The number of nitro benzene ring substituents is 1. The topological polar surface area (TPSA) is 118 Å². The van der Waals surface area contributed by atoms with E-state index in [1.807, 2.05) is 18.2 Å². The monoisotopic (exact) mass is 512 g/mol. The smallest absolute Gasteiger partial charge is 0.269 e. The lowest BCUT2D eigenvalue weighted by atomic mass is 10.2. The van der Waals surface area contributed by atoms with Crippen molar-refractivity contribution in [3.05, 3.63) is 52.6 Å². The highest BCUT2D eigenvalue weighted by Gasteiger charge is 2.15. The number of fused-ring (bicyclic) bond motifs is 1. The molecule has 1 aromatic heterocycles. The van der Waals surface area contributed by atoms with E-state index in [4.69, 9.17) is 19.2 Å². The summed E-state index contributed by atoms with van der Waals surface area (Å²) in [6, 6.07) is 12.3. The summed E-state index contributed by atoms with van der Waals surface area (Å²) in [5.74, 6) is 1.58. The van der Waals surface area contributed by atoms with Crippen LogP contribution >= 0.6 is 0 Å². The number of carbonyl (C=O) groups is 1. The Morgan fingerprint density at radius 2 is 1.73 bits per heavy atom. The third-order valence-electron chi connectivity index (χ3n) is 5.95. The Morgan fingerprint density at radius 1 is 0.973 bits per heavy atom. The van der Waals surface area contributed by atoms with Gasteiger partial charge in [0, 0.05) is 70.7 Å². The molecular weight excluding hydrogens is 476 g/mol. The van der Waals surface area contributed by atoms with Crippen LogP contribution in [0.4, 0.5) is 5.69 Å². The van der Waals surface area contributed by atoms with Crippen LogP contribution in [0, 0.1) is 10.1 Å². The molecule has 0 fully saturated rings. The number of hydrogen-bond donors (Lipinski definition) is 1. The van der Waals surface area contributed by atoms with E-state index in [0.717, 1.165) is 60.3 Å². The molecule has 0 spiro atoms. The van der Waals surface area contributed by atoms with E-state index in [-0.39, 0.29) is 11.6 Å². The van der Waals surface area contributed by atoms with Crippen LogP contribution in [0.15, 0.2) is 42.5 Å². The molecule has 2 aromatic carbocycles. The second kappa shape index (κ2) is 14.9. The van der Waals surface area contributed by atoms with Crippen molar-refractivity contribution in [2.24, 2.45) is 0 Å². The van der Waals surface area contributed by atoms with E-state index in [1.165, 1.54) is 12.1 Å². The van der Waals surface area contributed by atoms with Gasteiger partial charge in [-0.15, -0.1) is 0 Å². The van der Waals surface area contributed by atoms with Gasteiger partial charge in [-0.25, -0.2) is 4.98 Å². The average Bonchev–Trinajstić information content (AvgIpc) is 3.26. The summed E-state index contributed by atoms with van der Waals surface area (Å²) in [6.45, 7) is 3.16. The highest BCUT2D eigenvalue weighted by molar-refractivity contribution is 5.82. The normalized spacial score (nSPS) is 11.1. The first-order valence-electron chi connectivity index (χ1n) is 12.7. The molecule has 1 heterocycles. The highest BCUT2D eigenvalue weighted by Crippen LogP contribution is 2.29. The van der Waals surface area contributed by atoms with Gasteiger partial charge in [-0.05, 0) is 56.4 Å². The van der Waals surface area contributed by atoms with Gasteiger partial charge in [-0.2, -0.15) is 0 Å². The zero-order valence-corrected chi connectivity index (χ0v) is 21.6. The zero-order valence-electron chi connectivity index (χ0n) is 21.6. The van der Waals surface area contributed by atoms with E-state index in [1.54, 1.807) is 26.4 Å². The Labute approximate surface area is 217 Å². The lowest BCUT2D eigenvalue weighted by Gasteiger charge is -2.10. The fourth-order valence-electron chi connectivity index (χ4n) is 4.03. The van der Waals surface area contributed by atoms with Gasteiger partial charge in [0.2, 0.25) is 5.91 Å². The molecule has 0 atom stereocenters. The Bertz CT molecular complexity index is 1150. The summed E-state index contributed by atoms with van der Waals surface area (Å²) in [5, 5.41) is 13.9. The molecule has 0 bridgehead atoms. The SMILES string of the molecule is COCCCNC(=O)CCCCCOc1ccc2nc(-c3ccc([N+](=O)[O-])cc3)n(CCCOC)c2c1. The Kier molecular flexibility index (Phi) is 11.3.